The van der Waals surface area contributed by atoms with E-state index in [1.54, 1.807) is 6.07 Å². The molecule has 2 heterocycles. The van der Waals surface area contributed by atoms with Crippen LogP contribution in [0.3, 0.4) is 0 Å². The molecule has 3 nitrogen and oxygen atoms in total. The third-order valence-corrected chi connectivity index (χ3v) is 4.03. The summed E-state index contributed by atoms with van der Waals surface area (Å²) in [5.74, 6) is 1.21. The fraction of sp³-hybridized carbons (Fsp3) is 0.643. The van der Waals surface area contributed by atoms with Gasteiger partial charge in [0.2, 0.25) is 5.88 Å². The zero-order valence-corrected chi connectivity index (χ0v) is 10.0. The van der Waals surface area contributed by atoms with Crippen molar-refractivity contribution in [2.24, 2.45) is 11.3 Å². The molecule has 1 aliphatic heterocycles. The molecule has 0 radical (unpaired) electrons. The van der Waals surface area contributed by atoms with Gasteiger partial charge in [0.1, 0.15) is 0 Å². The second-order valence-electron chi connectivity index (χ2n) is 5.35. The first-order valence-corrected chi connectivity index (χ1v) is 6.40. The minimum absolute atomic E-state index is 0.265. The first kappa shape index (κ1) is 9.89. The van der Waals surface area contributed by atoms with Gasteiger partial charge in [-0.3, -0.25) is 0 Å². The molecule has 2 fully saturated rings. The second kappa shape index (κ2) is 4.65. The normalized spacial score (nSPS) is 24.1. The van der Waals surface area contributed by atoms with E-state index in [1.807, 2.05) is 12.1 Å². The number of nitrogens with zero attached hydrogens (tertiary/aromatic N) is 1. The van der Waals surface area contributed by atoms with Crippen molar-refractivity contribution in [3.05, 3.63) is 24.4 Å². The first-order valence-electron chi connectivity index (χ1n) is 6.90. The van der Waals surface area contributed by atoms with Crippen LogP contribution >= 0.6 is 0 Å². The minimum Gasteiger partial charge on any atom is -0.477 e. The highest BCUT2D eigenvalue weighted by Gasteiger charge is 2.41. The summed E-state index contributed by atoms with van der Waals surface area (Å²) < 4.78 is 18.5. The molecule has 1 saturated heterocycles. The van der Waals surface area contributed by atoms with E-state index in [2.05, 4.69) is 4.98 Å². The zero-order chi connectivity index (χ0) is 12.4. The summed E-state index contributed by atoms with van der Waals surface area (Å²) in [6.07, 6.45) is 5.26. The fourth-order valence-corrected chi connectivity index (χ4v) is 2.73. The predicted molar refractivity (Wildman–Crippen MR) is 64.9 cm³/mol. The summed E-state index contributed by atoms with van der Waals surface area (Å²) in [7, 11) is 0. The van der Waals surface area contributed by atoms with Gasteiger partial charge in [-0.15, -0.1) is 0 Å². The third kappa shape index (κ3) is 2.44. The largest absolute Gasteiger partial charge is 0.477 e. The van der Waals surface area contributed by atoms with Gasteiger partial charge in [-0.25, -0.2) is 4.98 Å². The Balaban J connectivity index is 1.47. The summed E-state index contributed by atoms with van der Waals surface area (Å²) >= 11 is 0. The smallest absolute Gasteiger partial charge is 0.213 e. The molecule has 0 aromatic carbocycles. The average molecular weight is 234 g/mol. The summed E-state index contributed by atoms with van der Waals surface area (Å²) in [5, 5.41) is 0. The highest BCUT2D eigenvalue weighted by atomic mass is 16.5. The van der Waals surface area contributed by atoms with Crippen LogP contribution in [-0.4, -0.2) is 24.8 Å². The summed E-state index contributed by atoms with van der Waals surface area (Å²) in [6.45, 7) is 2.65. The Bertz CT molecular complexity index is 410. The quantitative estimate of drug-likeness (QED) is 0.805. The van der Waals surface area contributed by atoms with Gasteiger partial charge >= 0.3 is 0 Å². The van der Waals surface area contributed by atoms with E-state index in [1.165, 1.54) is 25.7 Å². The second-order valence-corrected chi connectivity index (χ2v) is 5.35. The van der Waals surface area contributed by atoms with Crippen LogP contribution in [0.25, 0.3) is 0 Å². The Morgan fingerprint density at radius 2 is 2.24 bits per heavy atom. The maximum atomic E-state index is 7.44. The molecule has 1 saturated carbocycles. The third-order valence-electron chi connectivity index (χ3n) is 4.03. The lowest BCUT2D eigenvalue weighted by Crippen LogP contribution is -2.45. The number of hydrogen-bond donors (Lipinski definition) is 0. The van der Waals surface area contributed by atoms with E-state index < -0.39 is 0 Å². The van der Waals surface area contributed by atoms with Crippen molar-refractivity contribution in [2.45, 2.75) is 25.7 Å². The van der Waals surface area contributed by atoms with Gasteiger partial charge in [0.05, 0.1) is 21.2 Å². The number of aromatic nitrogens is 1. The average Bonchev–Trinajstić information content (AvgIpc) is 2.35. The van der Waals surface area contributed by atoms with E-state index in [-0.39, 0.29) is 6.17 Å². The Hall–Kier alpha value is -1.09. The van der Waals surface area contributed by atoms with Gasteiger partial charge in [0, 0.05) is 17.7 Å². The lowest BCUT2D eigenvalue weighted by atomic mass is 9.69. The molecule has 1 aromatic rings. The first-order chi connectivity index (χ1) is 8.76. The van der Waals surface area contributed by atoms with Crippen molar-refractivity contribution >= 4 is 0 Å². The van der Waals surface area contributed by atoms with Crippen LogP contribution < -0.4 is 4.74 Å². The van der Waals surface area contributed by atoms with E-state index in [4.69, 9.17) is 10.8 Å². The standard InChI is InChI=1S/C14H19NO2/c1-2-8-15-13(3-1)17-9-12-4-6-14(7-5-12)10-16-11-14/h1-3,8,12H,4-7,9-11H2/i8D. The molecule has 0 N–H and O–H groups in total. The van der Waals surface area contributed by atoms with Gasteiger partial charge in [-0.2, -0.15) is 0 Å². The van der Waals surface area contributed by atoms with Gasteiger partial charge < -0.3 is 9.47 Å². The molecule has 17 heavy (non-hydrogen) atoms. The minimum atomic E-state index is 0.265. The van der Waals surface area contributed by atoms with Crippen molar-refractivity contribution < 1.29 is 10.8 Å². The fourth-order valence-electron chi connectivity index (χ4n) is 2.73. The predicted octanol–water partition coefficient (Wildman–Crippen LogP) is 2.67. The van der Waals surface area contributed by atoms with Crippen molar-refractivity contribution in [1.29, 1.82) is 0 Å². The van der Waals surface area contributed by atoms with E-state index in [0.717, 1.165) is 19.8 Å². The molecule has 0 amide bonds. The number of pyridine rings is 1. The molecule has 0 atom stereocenters. The summed E-state index contributed by atoms with van der Waals surface area (Å²) in [5.41, 5.74) is 0.510. The SMILES string of the molecule is [2H]c1cccc(OCC2CCC3(CC2)COC3)n1. The number of ether oxygens (including phenoxy) is 2. The molecule has 1 spiro atoms. The van der Waals surface area contributed by atoms with Crippen molar-refractivity contribution in [3.63, 3.8) is 0 Å². The van der Waals surface area contributed by atoms with Crippen LogP contribution in [0.5, 0.6) is 5.88 Å². The van der Waals surface area contributed by atoms with E-state index >= 15 is 0 Å². The van der Waals surface area contributed by atoms with Crippen LogP contribution in [0.1, 0.15) is 27.1 Å². The van der Waals surface area contributed by atoms with E-state index in [0.29, 0.717) is 17.2 Å². The van der Waals surface area contributed by atoms with Crippen molar-refractivity contribution in [3.8, 4) is 5.88 Å². The molecule has 92 valence electrons. The molecule has 3 rings (SSSR count). The summed E-state index contributed by atoms with van der Waals surface area (Å²) in [4.78, 5) is 4.04. The van der Waals surface area contributed by atoms with Crippen molar-refractivity contribution in [2.75, 3.05) is 19.8 Å². The van der Waals surface area contributed by atoms with Gasteiger partial charge in [-0.1, -0.05) is 6.07 Å². The van der Waals surface area contributed by atoms with Crippen LogP contribution in [-0.2, 0) is 4.74 Å². The van der Waals surface area contributed by atoms with Gasteiger partial charge in [-0.05, 0) is 37.7 Å². The molecular formula is C14H19NO2. The Morgan fingerprint density at radius 3 is 2.88 bits per heavy atom. The molecule has 1 aromatic heterocycles. The van der Waals surface area contributed by atoms with Gasteiger partial charge in [0.15, 0.2) is 0 Å². The molecule has 0 bridgehead atoms. The molecule has 2 aliphatic rings. The Kier molecular flexibility index (Phi) is 2.71. The highest BCUT2D eigenvalue weighted by Crippen LogP contribution is 2.44. The van der Waals surface area contributed by atoms with Crippen LogP contribution in [0.4, 0.5) is 0 Å². The van der Waals surface area contributed by atoms with Crippen molar-refractivity contribution in [1.82, 2.24) is 4.98 Å². The maximum Gasteiger partial charge on any atom is 0.213 e. The van der Waals surface area contributed by atoms with E-state index in [9.17, 15) is 0 Å². The number of rotatable bonds is 3. The lowest BCUT2D eigenvalue weighted by molar-refractivity contribution is -0.137. The van der Waals surface area contributed by atoms with Crippen LogP contribution in [0.15, 0.2) is 24.4 Å². The zero-order valence-electron chi connectivity index (χ0n) is 11.0. The molecular weight excluding hydrogens is 214 g/mol. The topological polar surface area (TPSA) is 31.4 Å². The monoisotopic (exact) mass is 234 g/mol. The Labute approximate surface area is 104 Å². The van der Waals surface area contributed by atoms with Gasteiger partial charge in [0.25, 0.3) is 0 Å². The molecule has 3 heteroatoms. The number of hydrogen-bond acceptors (Lipinski definition) is 3. The highest BCUT2D eigenvalue weighted by molar-refractivity contribution is 5.09. The Morgan fingerprint density at radius 1 is 1.41 bits per heavy atom. The molecule has 0 unspecified atom stereocenters. The van der Waals surface area contributed by atoms with Crippen LogP contribution in [0.2, 0.25) is 0 Å². The lowest BCUT2D eigenvalue weighted by Gasteiger charge is -2.46. The molecule has 1 aliphatic carbocycles. The maximum absolute atomic E-state index is 7.44. The summed E-state index contributed by atoms with van der Waals surface area (Å²) in [6, 6.07) is 5.29. The van der Waals surface area contributed by atoms with Crippen LogP contribution in [0, 0.1) is 11.3 Å².